The molecule has 0 saturated carbocycles. The lowest BCUT2D eigenvalue weighted by molar-refractivity contribution is 0.253. The molecule has 0 spiro atoms. The summed E-state index contributed by atoms with van der Waals surface area (Å²) in [5, 5.41) is 9.09. The molecule has 0 aromatic heterocycles. The molecule has 1 fully saturated rings. The maximum Gasteiger partial charge on any atom is 0.165 e. The van der Waals surface area contributed by atoms with E-state index < -0.39 is 15.7 Å². The van der Waals surface area contributed by atoms with Gasteiger partial charge in [-0.2, -0.15) is 0 Å². The Morgan fingerprint density at radius 1 is 1.50 bits per heavy atom. The highest BCUT2D eigenvalue weighted by atomic mass is 32.2. The smallest absolute Gasteiger partial charge is 0.165 e. The van der Waals surface area contributed by atoms with E-state index in [4.69, 9.17) is 5.11 Å². The number of hydrogen-bond acceptors (Lipinski definition) is 4. The van der Waals surface area contributed by atoms with Crippen LogP contribution in [0.1, 0.15) is 12.0 Å². The maximum atomic E-state index is 13.2. The molecule has 100 valence electrons. The topological polar surface area (TPSA) is 57.6 Å². The summed E-state index contributed by atoms with van der Waals surface area (Å²) >= 11 is 0. The molecule has 0 aliphatic carbocycles. The van der Waals surface area contributed by atoms with Crippen LogP contribution in [0.3, 0.4) is 0 Å². The Balaban J connectivity index is 2.03. The lowest BCUT2D eigenvalue weighted by Crippen LogP contribution is -2.32. The van der Waals surface area contributed by atoms with Crippen LogP contribution in [0.25, 0.3) is 0 Å². The lowest BCUT2D eigenvalue weighted by Gasteiger charge is -2.23. The number of nitrogens with zero attached hydrogens (tertiary/aromatic N) is 1. The Kier molecular flexibility index (Phi) is 3.59. The zero-order valence-corrected chi connectivity index (χ0v) is 11.0. The normalized spacial score (nSPS) is 22.5. The number of halogens is 1. The van der Waals surface area contributed by atoms with Gasteiger partial charge >= 0.3 is 0 Å². The molecule has 0 amide bonds. The molecule has 1 heterocycles. The van der Waals surface area contributed by atoms with Crippen LogP contribution in [0, 0.1) is 5.82 Å². The van der Waals surface area contributed by atoms with E-state index >= 15 is 0 Å². The third-order valence-electron chi connectivity index (χ3n) is 3.28. The third kappa shape index (κ3) is 3.00. The highest BCUT2D eigenvalue weighted by Gasteiger charge is 2.30. The van der Waals surface area contributed by atoms with Crippen molar-refractivity contribution in [1.29, 1.82) is 0 Å². The number of phenolic OH excluding ortho intramolecular Hbond substituents is 1. The first-order valence-corrected chi connectivity index (χ1v) is 7.57. The minimum atomic E-state index is -2.90. The van der Waals surface area contributed by atoms with Gasteiger partial charge in [-0.25, -0.2) is 12.8 Å². The number of benzene rings is 1. The monoisotopic (exact) mass is 273 g/mol. The zero-order valence-electron chi connectivity index (χ0n) is 10.1. The average Bonchev–Trinajstić information content (AvgIpc) is 2.64. The van der Waals surface area contributed by atoms with Crippen molar-refractivity contribution >= 4 is 9.84 Å². The first kappa shape index (κ1) is 13.3. The fourth-order valence-electron chi connectivity index (χ4n) is 2.19. The van der Waals surface area contributed by atoms with Crippen LogP contribution in [0.2, 0.25) is 0 Å². The van der Waals surface area contributed by atoms with Gasteiger partial charge in [-0.15, -0.1) is 0 Å². The molecule has 1 aliphatic heterocycles. The molecule has 1 aromatic carbocycles. The fourth-order valence-corrected chi connectivity index (χ4v) is 3.99. The van der Waals surface area contributed by atoms with Crippen LogP contribution >= 0.6 is 0 Å². The summed E-state index contributed by atoms with van der Waals surface area (Å²) in [6.45, 7) is 0.470. The quantitative estimate of drug-likeness (QED) is 0.897. The lowest BCUT2D eigenvalue weighted by atomic mass is 10.1. The summed E-state index contributed by atoms with van der Waals surface area (Å²) in [5.74, 6) is -0.625. The molecule has 4 nitrogen and oxygen atoms in total. The summed E-state index contributed by atoms with van der Waals surface area (Å²) in [4.78, 5) is 1.91. The van der Waals surface area contributed by atoms with E-state index in [9.17, 15) is 12.8 Å². The Bertz CT molecular complexity index is 544. The first-order valence-electron chi connectivity index (χ1n) is 5.75. The second kappa shape index (κ2) is 4.85. The van der Waals surface area contributed by atoms with Crippen LogP contribution in [0.4, 0.5) is 4.39 Å². The van der Waals surface area contributed by atoms with Crippen LogP contribution in [0.5, 0.6) is 5.75 Å². The first-order chi connectivity index (χ1) is 8.37. The molecule has 6 heteroatoms. The van der Waals surface area contributed by atoms with E-state index in [-0.39, 0.29) is 23.3 Å². The van der Waals surface area contributed by atoms with Crippen LogP contribution < -0.4 is 0 Å². The van der Waals surface area contributed by atoms with Crippen molar-refractivity contribution < 1.29 is 17.9 Å². The van der Waals surface area contributed by atoms with Gasteiger partial charge in [0.15, 0.2) is 21.4 Å². The van der Waals surface area contributed by atoms with Gasteiger partial charge in [-0.05, 0) is 31.2 Å². The molecule has 1 aromatic rings. The van der Waals surface area contributed by atoms with Crippen molar-refractivity contribution in [2.24, 2.45) is 0 Å². The number of sulfone groups is 1. The Labute approximate surface area is 106 Å². The SMILES string of the molecule is CN(Cc1ccc(O)c(F)c1)C1CCS(=O)(=O)C1. The minimum Gasteiger partial charge on any atom is -0.505 e. The zero-order chi connectivity index (χ0) is 13.3. The molecule has 1 N–H and O–H groups in total. The van der Waals surface area contributed by atoms with Gasteiger partial charge < -0.3 is 5.11 Å². The van der Waals surface area contributed by atoms with Gasteiger partial charge in [-0.3, -0.25) is 4.90 Å². The second-order valence-corrected chi connectivity index (χ2v) is 6.99. The predicted octanol–water partition coefficient (Wildman–Crippen LogP) is 1.15. The van der Waals surface area contributed by atoms with Gasteiger partial charge in [0.1, 0.15) is 0 Å². The summed E-state index contributed by atoms with van der Waals surface area (Å²) in [6.07, 6.45) is 0.624. The van der Waals surface area contributed by atoms with E-state index in [2.05, 4.69) is 0 Å². The summed E-state index contributed by atoms with van der Waals surface area (Å²) in [5.41, 5.74) is 0.720. The van der Waals surface area contributed by atoms with E-state index in [0.717, 1.165) is 5.56 Å². The molecule has 0 bridgehead atoms. The number of aromatic hydroxyl groups is 1. The van der Waals surface area contributed by atoms with E-state index in [1.807, 2.05) is 11.9 Å². The predicted molar refractivity (Wildman–Crippen MR) is 66.6 cm³/mol. The molecule has 0 radical (unpaired) electrons. The number of hydrogen-bond donors (Lipinski definition) is 1. The van der Waals surface area contributed by atoms with Gasteiger partial charge in [0, 0.05) is 12.6 Å². The van der Waals surface area contributed by atoms with Gasteiger partial charge in [0.25, 0.3) is 0 Å². The molecular weight excluding hydrogens is 257 g/mol. The fraction of sp³-hybridized carbons (Fsp3) is 0.500. The van der Waals surface area contributed by atoms with Crippen molar-refractivity contribution in [3.63, 3.8) is 0 Å². The van der Waals surface area contributed by atoms with Crippen LogP contribution in [0.15, 0.2) is 18.2 Å². The van der Waals surface area contributed by atoms with Gasteiger partial charge in [0.05, 0.1) is 11.5 Å². The van der Waals surface area contributed by atoms with Crippen molar-refractivity contribution in [2.45, 2.75) is 19.0 Å². The largest absolute Gasteiger partial charge is 0.505 e. The number of phenols is 1. The summed E-state index contributed by atoms with van der Waals surface area (Å²) in [7, 11) is -1.07. The second-order valence-electron chi connectivity index (χ2n) is 4.76. The molecule has 2 rings (SSSR count). The van der Waals surface area contributed by atoms with Crippen molar-refractivity contribution in [3.8, 4) is 5.75 Å². The molecule has 1 unspecified atom stereocenters. The van der Waals surface area contributed by atoms with Crippen molar-refractivity contribution in [2.75, 3.05) is 18.6 Å². The maximum absolute atomic E-state index is 13.2. The minimum absolute atomic E-state index is 0.00753. The molecule has 1 aliphatic rings. The molecule has 1 atom stereocenters. The summed E-state index contributed by atoms with van der Waals surface area (Å²) in [6, 6.07) is 4.21. The van der Waals surface area contributed by atoms with Crippen LogP contribution in [-0.2, 0) is 16.4 Å². The van der Waals surface area contributed by atoms with Crippen LogP contribution in [-0.4, -0.2) is 43.0 Å². The standard InChI is InChI=1S/C12H16FNO3S/c1-14(10-4-5-18(16,17)8-10)7-9-2-3-12(15)11(13)6-9/h2-3,6,10,15H,4-5,7-8H2,1H3. The average molecular weight is 273 g/mol. The van der Waals surface area contributed by atoms with E-state index in [1.165, 1.54) is 12.1 Å². The third-order valence-corrected chi connectivity index (χ3v) is 5.03. The van der Waals surface area contributed by atoms with Gasteiger partial charge in [-0.1, -0.05) is 6.07 Å². The van der Waals surface area contributed by atoms with E-state index in [1.54, 1.807) is 6.07 Å². The molecule has 18 heavy (non-hydrogen) atoms. The molecule has 1 saturated heterocycles. The van der Waals surface area contributed by atoms with Crippen molar-refractivity contribution in [1.82, 2.24) is 4.90 Å². The number of rotatable bonds is 3. The Hall–Kier alpha value is -1.14. The van der Waals surface area contributed by atoms with Gasteiger partial charge in [0.2, 0.25) is 0 Å². The Morgan fingerprint density at radius 3 is 2.78 bits per heavy atom. The highest BCUT2D eigenvalue weighted by Crippen LogP contribution is 2.21. The van der Waals surface area contributed by atoms with Crippen molar-refractivity contribution in [3.05, 3.63) is 29.6 Å². The highest BCUT2D eigenvalue weighted by molar-refractivity contribution is 7.91. The molecular formula is C12H16FNO3S. The Morgan fingerprint density at radius 2 is 2.22 bits per heavy atom. The van der Waals surface area contributed by atoms with E-state index in [0.29, 0.717) is 13.0 Å². The summed E-state index contributed by atoms with van der Waals surface area (Å²) < 4.78 is 35.9.